The first-order valence-electron chi connectivity index (χ1n) is 9.17. The van der Waals surface area contributed by atoms with Gasteiger partial charge in [0.1, 0.15) is 22.8 Å². The number of H-pyrrole nitrogens is 1. The molecule has 5 nitrogen and oxygen atoms in total. The van der Waals surface area contributed by atoms with Crippen LogP contribution in [0.25, 0.3) is 28.2 Å². The number of fused-ring (bicyclic) bond motifs is 2. The summed E-state index contributed by atoms with van der Waals surface area (Å²) in [4.78, 5) is 16.3. The number of phenolic OH excluding ortho intramolecular Hbond substituents is 1. The summed E-state index contributed by atoms with van der Waals surface area (Å²) in [5, 5.41) is 11.0. The Balaban J connectivity index is 1.73. The number of phenols is 1. The molecular weight excluding hydrogens is 366 g/mol. The number of allylic oxidation sites excluding steroid dienone is 1. The molecule has 0 unspecified atom stereocenters. The molecule has 0 bridgehead atoms. The average Bonchev–Trinajstić information content (AvgIpc) is 3.27. The molecular formula is C24H17NO4. The maximum absolute atomic E-state index is 12.9. The SMILES string of the molecule is COc1ccc2[nH]c(-c3ccccc3)c(C=C3Oc4cccc(O)c4C3=O)c2c1. The lowest BCUT2D eigenvalue weighted by Gasteiger charge is -2.03. The third-order valence-electron chi connectivity index (χ3n) is 5.06. The second kappa shape index (κ2) is 6.56. The van der Waals surface area contributed by atoms with Gasteiger partial charge in [0.15, 0.2) is 5.76 Å². The molecule has 142 valence electrons. The zero-order valence-electron chi connectivity index (χ0n) is 15.6. The van der Waals surface area contributed by atoms with E-state index in [1.54, 1.807) is 25.3 Å². The third-order valence-corrected chi connectivity index (χ3v) is 5.06. The number of aromatic amines is 1. The second-order valence-electron chi connectivity index (χ2n) is 6.78. The summed E-state index contributed by atoms with van der Waals surface area (Å²) in [6.45, 7) is 0. The average molecular weight is 383 g/mol. The smallest absolute Gasteiger partial charge is 0.235 e. The zero-order valence-corrected chi connectivity index (χ0v) is 15.6. The Kier molecular flexibility index (Phi) is 3.88. The summed E-state index contributed by atoms with van der Waals surface area (Å²) in [5.74, 6) is 0.826. The summed E-state index contributed by atoms with van der Waals surface area (Å²) in [6.07, 6.45) is 1.72. The van der Waals surface area contributed by atoms with Crippen molar-refractivity contribution in [2.24, 2.45) is 0 Å². The quantitative estimate of drug-likeness (QED) is 0.479. The topological polar surface area (TPSA) is 71.6 Å². The number of carbonyl (C=O) groups is 1. The molecule has 0 fully saturated rings. The molecule has 0 atom stereocenters. The van der Waals surface area contributed by atoms with E-state index < -0.39 is 0 Å². The van der Waals surface area contributed by atoms with Gasteiger partial charge in [-0.1, -0.05) is 36.4 Å². The number of benzene rings is 3. The normalized spacial score (nSPS) is 14.2. The number of carbonyl (C=O) groups excluding carboxylic acids is 1. The molecule has 0 saturated heterocycles. The molecule has 5 rings (SSSR count). The maximum Gasteiger partial charge on any atom is 0.235 e. The lowest BCUT2D eigenvalue weighted by molar-refractivity contribution is 0.101. The molecule has 0 radical (unpaired) electrons. The van der Waals surface area contributed by atoms with Crippen LogP contribution in [0.15, 0.2) is 72.5 Å². The number of ether oxygens (including phenoxy) is 2. The van der Waals surface area contributed by atoms with Gasteiger partial charge in [-0.05, 0) is 42.0 Å². The minimum atomic E-state index is -0.339. The van der Waals surface area contributed by atoms with E-state index in [-0.39, 0.29) is 22.9 Å². The van der Waals surface area contributed by atoms with Crippen molar-refractivity contribution in [2.75, 3.05) is 7.11 Å². The maximum atomic E-state index is 12.9. The molecule has 0 aliphatic carbocycles. The van der Waals surface area contributed by atoms with Gasteiger partial charge < -0.3 is 19.6 Å². The summed E-state index contributed by atoms with van der Waals surface area (Å²) < 4.78 is 11.2. The predicted molar refractivity (Wildman–Crippen MR) is 111 cm³/mol. The van der Waals surface area contributed by atoms with Gasteiger partial charge in [-0.15, -0.1) is 0 Å². The molecule has 2 heterocycles. The Morgan fingerprint density at radius 1 is 1.03 bits per heavy atom. The first kappa shape index (κ1) is 17.1. The Morgan fingerprint density at radius 2 is 1.86 bits per heavy atom. The minimum absolute atomic E-state index is 0.0835. The third kappa shape index (κ3) is 2.75. The summed E-state index contributed by atoms with van der Waals surface area (Å²) in [7, 11) is 1.62. The van der Waals surface area contributed by atoms with E-state index in [1.165, 1.54) is 6.07 Å². The largest absolute Gasteiger partial charge is 0.507 e. The Hall–Kier alpha value is -3.99. The number of Topliss-reactive ketones (excluding diaryl/α,β-unsaturated/α-hetero) is 1. The van der Waals surface area contributed by atoms with Gasteiger partial charge in [0.2, 0.25) is 5.78 Å². The molecule has 5 heteroatoms. The zero-order chi connectivity index (χ0) is 20.0. The van der Waals surface area contributed by atoms with Crippen molar-refractivity contribution >= 4 is 22.8 Å². The van der Waals surface area contributed by atoms with Gasteiger partial charge in [0.25, 0.3) is 0 Å². The summed E-state index contributed by atoms with van der Waals surface area (Å²) in [5.41, 5.74) is 3.79. The van der Waals surface area contributed by atoms with Crippen LogP contribution in [0.5, 0.6) is 17.2 Å². The number of aromatic nitrogens is 1. The van der Waals surface area contributed by atoms with Crippen molar-refractivity contribution < 1.29 is 19.4 Å². The number of hydrogen-bond donors (Lipinski definition) is 2. The Labute approximate surface area is 166 Å². The molecule has 0 spiro atoms. The summed E-state index contributed by atoms with van der Waals surface area (Å²) in [6, 6.07) is 20.4. The molecule has 3 aromatic carbocycles. The van der Waals surface area contributed by atoms with E-state index in [2.05, 4.69) is 4.98 Å². The first-order chi connectivity index (χ1) is 14.2. The van der Waals surface area contributed by atoms with E-state index in [4.69, 9.17) is 9.47 Å². The van der Waals surface area contributed by atoms with Crippen LogP contribution >= 0.6 is 0 Å². The van der Waals surface area contributed by atoms with Crippen LogP contribution in [0.1, 0.15) is 15.9 Å². The van der Waals surface area contributed by atoms with Crippen LogP contribution in [0.4, 0.5) is 0 Å². The highest BCUT2D eigenvalue weighted by Crippen LogP contribution is 2.40. The van der Waals surface area contributed by atoms with Gasteiger partial charge in [-0.2, -0.15) is 0 Å². The van der Waals surface area contributed by atoms with Gasteiger partial charge in [0, 0.05) is 16.5 Å². The van der Waals surface area contributed by atoms with E-state index in [0.717, 1.165) is 33.5 Å². The molecule has 29 heavy (non-hydrogen) atoms. The standard InChI is InChI=1S/C24H17NO4/c1-28-15-10-11-18-16(12-15)17(23(25-18)14-6-3-2-4-7-14)13-21-24(27)22-19(26)8-5-9-20(22)29-21/h2-13,25-26H,1H3. The minimum Gasteiger partial charge on any atom is -0.507 e. The van der Waals surface area contributed by atoms with E-state index in [0.29, 0.717) is 5.75 Å². The number of ketones is 1. The molecule has 1 aliphatic rings. The van der Waals surface area contributed by atoms with Crippen LogP contribution in [-0.4, -0.2) is 23.0 Å². The van der Waals surface area contributed by atoms with E-state index in [9.17, 15) is 9.90 Å². The van der Waals surface area contributed by atoms with Crippen LogP contribution < -0.4 is 9.47 Å². The number of hydrogen-bond acceptors (Lipinski definition) is 4. The van der Waals surface area contributed by atoms with Crippen LogP contribution in [0.3, 0.4) is 0 Å². The fraction of sp³-hybridized carbons (Fsp3) is 0.0417. The number of nitrogens with one attached hydrogen (secondary N) is 1. The molecule has 4 aromatic rings. The highest BCUT2D eigenvalue weighted by molar-refractivity contribution is 6.17. The lowest BCUT2D eigenvalue weighted by atomic mass is 10.0. The van der Waals surface area contributed by atoms with E-state index in [1.807, 2.05) is 48.5 Å². The van der Waals surface area contributed by atoms with Gasteiger partial charge in [-0.25, -0.2) is 0 Å². The highest BCUT2D eigenvalue weighted by Gasteiger charge is 2.31. The van der Waals surface area contributed by atoms with Crippen molar-refractivity contribution in [1.29, 1.82) is 0 Å². The van der Waals surface area contributed by atoms with Crippen molar-refractivity contribution in [3.63, 3.8) is 0 Å². The van der Waals surface area contributed by atoms with Gasteiger partial charge in [0.05, 0.1) is 12.8 Å². The van der Waals surface area contributed by atoms with Crippen LogP contribution in [0.2, 0.25) is 0 Å². The molecule has 1 aliphatic heterocycles. The number of aromatic hydroxyl groups is 1. The first-order valence-corrected chi connectivity index (χ1v) is 9.17. The predicted octanol–water partition coefficient (Wildman–Crippen LogP) is 5.17. The number of rotatable bonds is 3. The second-order valence-corrected chi connectivity index (χ2v) is 6.78. The molecule has 0 saturated carbocycles. The Bertz CT molecular complexity index is 1290. The van der Waals surface area contributed by atoms with Gasteiger partial charge >= 0.3 is 0 Å². The fourth-order valence-corrected chi connectivity index (χ4v) is 3.65. The number of methoxy groups -OCH3 is 1. The van der Waals surface area contributed by atoms with Crippen LogP contribution in [-0.2, 0) is 0 Å². The van der Waals surface area contributed by atoms with Crippen molar-refractivity contribution in [1.82, 2.24) is 4.98 Å². The fourth-order valence-electron chi connectivity index (χ4n) is 3.65. The van der Waals surface area contributed by atoms with Crippen molar-refractivity contribution in [3.05, 3.63) is 83.6 Å². The van der Waals surface area contributed by atoms with Gasteiger partial charge in [-0.3, -0.25) is 4.79 Å². The molecule has 1 aromatic heterocycles. The van der Waals surface area contributed by atoms with Crippen LogP contribution in [0, 0.1) is 0 Å². The van der Waals surface area contributed by atoms with Crippen molar-refractivity contribution in [3.8, 4) is 28.5 Å². The van der Waals surface area contributed by atoms with E-state index >= 15 is 0 Å². The monoisotopic (exact) mass is 383 g/mol. The molecule has 2 N–H and O–H groups in total. The summed E-state index contributed by atoms with van der Waals surface area (Å²) >= 11 is 0. The highest BCUT2D eigenvalue weighted by atomic mass is 16.5. The lowest BCUT2D eigenvalue weighted by Crippen LogP contribution is -1.98. The van der Waals surface area contributed by atoms with Crippen molar-refractivity contribution in [2.45, 2.75) is 0 Å². The molecule has 0 amide bonds. The Morgan fingerprint density at radius 3 is 2.62 bits per heavy atom.